The van der Waals surface area contributed by atoms with E-state index in [0.717, 1.165) is 30.5 Å². The lowest BCUT2D eigenvalue weighted by Crippen LogP contribution is -2.44. The van der Waals surface area contributed by atoms with Gasteiger partial charge in [-0.15, -0.1) is 0 Å². The van der Waals surface area contributed by atoms with Gasteiger partial charge in [-0.2, -0.15) is 4.31 Å². The van der Waals surface area contributed by atoms with E-state index in [1.807, 2.05) is 43.0 Å². The first-order chi connectivity index (χ1) is 14.4. The van der Waals surface area contributed by atoms with Gasteiger partial charge >= 0.3 is 0 Å². The summed E-state index contributed by atoms with van der Waals surface area (Å²) in [4.78, 5) is 15.6. The third-order valence-corrected chi connectivity index (χ3v) is 8.53. The first-order valence-corrected chi connectivity index (χ1v) is 12.2. The number of carbonyl (C=O) groups is 1. The second-order valence-electron chi connectivity index (χ2n) is 8.52. The van der Waals surface area contributed by atoms with Gasteiger partial charge in [0.15, 0.2) is 0 Å². The van der Waals surface area contributed by atoms with Gasteiger partial charge in [-0.3, -0.25) is 4.79 Å². The molecule has 4 rings (SSSR count). The summed E-state index contributed by atoms with van der Waals surface area (Å²) in [6.07, 6.45) is 3.18. The maximum atomic E-state index is 13.3. The Kier molecular flexibility index (Phi) is 5.98. The molecule has 1 amide bonds. The highest BCUT2D eigenvalue weighted by molar-refractivity contribution is 7.89. The van der Waals surface area contributed by atoms with Crippen molar-refractivity contribution in [3.8, 4) is 0 Å². The zero-order chi connectivity index (χ0) is 21.3. The molecule has 0 N–H and O–H groups in total. The van der Waals surface area contributed by atoms with E-state index in [1.54, 1.807) is 16.4 Å². The Morgan fingerprint density at radius 3 is 2.27 bits per heavy atom. The highest BCUT2D eigenvalue weighted by Crippen LogP contribution is 2.35. The third-order valence-electron chi connectivity index (χ3n) is 6.64. The molecule has 0 radical (unpaired) electrons. The Bertz CT molecular complexity index is 1010. The number of hydrogen-bond acceptors (Lipinski definition) is 3. The number of aryl methyl sites for hydroxylation is 2. The average Bonchev–Trinajstić information content (AvgIpc) is 3.25. The van der Waals surface area contributed by atoms with Crippen molar-refractivity contribution in [1.29, 1.82) is 0 Å². The second kappa shape index (κ2) is 8.52. The molecular formula is C24H30N2O3S. The Morgan fingerprint density at radius 1 is 0.900 bits per heavy atom. The van der Waals surface area contributed by atoms with Crippen LogP contribution in [0.3, 0.4) is 0 Å². The summed E-state index contributed by atoms with van der Waals surface area (Å²) in [6, 6.07) is 15.7. The summed E-state index contributed by atoms with van der Waals surface area (Å²) in [5.74, 6) is 0.0881. The van der Waals surface area contributed by atoms with Gasteiger partial charge < -0.3 is 4.90 Å². The van der Waals surface area contributed by atoms with Gasteiger partial charge in [0.1, 0.15) is 0 Å². The van der Waals surface area contributed by atoms with Crippen LogP contribution in [0.4, 0.5) is 0 Å². The molecule has 0 aromatic heterocycles. The number of nitrogens with zero attached hydrogens (tertiary/aromatic N) is 2. The number of carbonyl (C=O) groups excluding carboxylic acids is 1. The van der Waals surface area contributed by atoms with Gasteiger partial charge in [0.2, 0.25) is 15.9 Å². The molecule has 2 fully saturated rings. The van der Waals surface area contributed by atoms with Gasteiger partial charge in [-0.25, -0.2) is 8.42 Å². The molecule has 0 aliphatic carbocycles. The number of benzene rings is 2. The minimum atomic E-state index is -3.51. The molecule has 2 heterocycles. The van der Waals surface area contributed by atoms with Crippen LogP contribution < -0.4 is 0 Å². The molecule has 0 saturated carbocycles. The van der Waals surface area contributed by atoms with Crippen molar-refractivity contribution in [1.82, 2.24) is 9.21 Å². The van der Waals surface area contributed by atoms with Crippen LogP contribution in [-0.2, 0) is 14.8 Å². The summed E-state index contributed by atoms with van der Waals surface area (Å²) >= 11 is 0. The maximum absolute atomic E-state index is 13.3. The SMILES string of the molecule is Cc1ccc(S(=O)(=O)N2CCC(C(=O)N3CCC[C@H]3c3ccccc3)CC2)cc1C. The largest absolute Gasteiger partial charge is 0.335 e. The molecule has 5 nitrogen and oxygen atoms in total. The van der Waals surface area contributed by atoms with E-state index < -0.39 is 10.0 Å². The third kappa shape index (κ3) is 4.03. The van der Waals surface area contributed by atoms with E-state index in [4.69, 9.17) is 0 Å². The molecule has 30 heavy (non-hydrogen) atoms. The van der Waals surface area contributed by atoms with Crippen LogP contribution in [-0.4, -0.2) is 43.2 Å². The number of piperidine rings is 1. The molecule has 160 valence electrons. The first-order valence-electron chi connectivity index (χ1n) is 10.8. The first kappa shape index (κ1) is 21.1. The number of hydrogen-bond donors (Lipinski definition) is 0. The van der Waals surface area contributed by atoms with Crippen LogP contribution in [0.25, 0.3) is 0 Å². The van der Waals surface area contributed by atoms with E-state index in [-0.39, 0.29) is 17.9 Å². The molecule has 6 heteroatoms. The normalized spacial score (nSPS) is 21.1. The number of amides is 1. The van der Waals surface area contributed by atoms with Gasteiger partial charge in [0.25, 0.3) is 0 Å². The Hall–Kier alpha value is -2.18. The van der Waals surface area contributed by atoms with Crippen molar-refractivity contribution in [3.05, 3.63) is 65.2 Å². The van der Waals surface area contributed by atoms with E-state index in [1.165, 1.54) is 5.56 Å². The highest BCUT2D eigenvalue weighted by atomic mass is 32.2. The van der Waals surface area contributed by atoms with Crippen LogP contribution in [0.1, 0.15) is 48.4 Å². The lowest BCUT2D eigenvalue weighted by molar-refractivity contribution is -0.137. The smallest absolute Gasteiger partial charge is 0.243 e. The lowest BCUT2D eigenvalue weighted by Gasteiger charge is -2.34. The van der Waals surface area contributed by atoms with Crippen LogP contribution in [0.2, 0.25) is 0 Å². The average molecular weight is 427 g/mol. The zero-order valence-corrected chi connectivity index (χ0v) is 18.6. The standard InChI is InChI=1S/C24H30N2O3S/c1-18-10-11-22(17-19(18)2)30(28,29)25-15-12-21(13-16-25)24(27)26-14-6-9-23(26)20-7-4-3-5-8-20/h3-5,7-8,10-11,17,21,23H,6,9,12-16H2,1-2H3/t23-/m0/s1. The van der Waals surface area contributed by atoms with Gasteiger partial charge in [0.05, 0.1) is 10.9 Å². The summed E-state index contributed by atoms with van der Waals surface area (Å²) in [5, 5.41) is 0. The van der Waals surface area contributed by atoms with Crippen molar-refractivity contribution in [3.63, 3.8) is 0 Å². The van der Waals surface area contributed by atoms with Crippen molar-refractivity contribution in [2.24, 2.45) is 5.92 Å². The fourth-order valence-electron chi connectivity index (χ4n) is 4.65. The monoisotopic (exact) mass is 426 g/mol. The minimum absolute atomic E-state index is 0.0967. The van der Waals surface area contributed by atoms with Crippen LogP contribution in [0.15, 0.2) is 53.4 Å². The molecule has 1 atom stereocenters. The quantitative estimate of drug-likeness (QED) is 0.741. The van der Waals surface area contributed by atoms with E-state index in [2.05, 4.69) is 12.1 Å². The summed E-state index contributed by atoms with van der Waals surface area (Å²) in [7, 11) is -3.51. The van der Waals surface area contributed by atoms with Crippen molar-refractivity contribution in [2.45, 2.75) is 50.5 Å². The summed E-state index contributed by atoms with van der Waals surface area (Å²) < 4.78 is 27.6. The van der Waals surface area contributed by atoms with Crippen LogP contribution in [0.5, 0.6) is 0 Å². The molecule has 2 saturated heterocycles. The number of rotatable bonds is 4. The topological polar surface area (TPSA) is 57.7 Å². The number of sulfonamides is 1. The van der Waals surface area contributed by atoms with E-state index in [0.29, 0.717) is 30.8 Å². The molecule has 0 unspecified atom stereocenters. The molecule has 2 aromatic rings. The Morgan fingerprint density at radius 2 is 1.60 bits per heavy atom. The van der Waals surface area contributed by atoms with E-state index in [9.17, 15) is 13.2 Å². The molecule has 2 aliphatic heterocycles. The fraction of sp³-hybridized carbons (Fsp3) is 0.458. The molecule has 2 aliphatic rings. The van der Waals surface area contributed by atoms with Crippen molar-refractivity contribution in [2.75, 3.05) is 19.6 Å². The number of likely N-dealkylation sites (tertiary alicyclic amines) is 1. The maximum Gasteiger partial charge on any atom is 0.243 e. The van der Waals surface area contributed by atoms with Crippen molar-refractivity contribution >= 4 is 15.9 Å². The van der Waals surface area contributed by atoms with E-state index >= 15 is 0 Å². The fourth-order valence-corrected chi connectivity index (χ4v) is 6.21. The van der Waals surface area contributed by atoms with Crippen LogP contribution in [0, 0.1) is 19.8 Å². The second-order valence-corrected chi connectivity index (χ2v) is 10.5. The highest BCUT2D eigenvalue weighted by Gasteiger charge is 2.37. The van der Waals surface area contributed by atoms with Gasteiger partial charge in [-0.05, 0) is 68.4 Å². The van der Waals surface area contributed by atoms with Crippen molar-refractivity contribution < 1.29 is 13.2 Å². The minimum Gasteiger partial charge on any atom is -0.335 e. The molecular weight excluding hydrogens is 396 g/mol. The zero-order valence-electron chi connectivity index (χ0n) is 17.8. The Balaban J connectivity index is 1.42. The summed E-state index contributed by atoms with van der Waals surface area (Å²) in [6.45, 7) is 5.49. The molecule has 0 bridgehead atoms. The lowest BCUT2D eigenvalue weighted by atomic mass is 9.95. The Labute approximate surface area is 179 Å². The van der Waals surface area contributed by atoms with Crippen LogP contribution >= 0.6 is 0 Å². The predicted octanol–water partition coefficient (Wildman–Crippen LogP) is 4.07. The van der Waals surface area contributed by atoms with Gasteiger partial charge in [0, 0.05) is 25.6 Å². The molecule has 0 spiro atoms. The summed E-state index contributed by atoms with van der Waals surface area (Å²) in [5.41, 5.74) is 3.25. The molecule has 2 aromatic carbocycles. The predicted molar refractivity (Wildman–Crippen MR) is 118 cm³/mol. The van der Waals surface area contributed by atoms with Gasteiger partial charge in [-0.1, -0.05) is 36.4 Å².